The Bertz CT molecular complexity index is 505. The molecule has 98 valence electrons. The Morgan fingerprint density at radius 3 is 2.67 bits per heavy atom. The van der Waals surface area contributed by atoms with Crippen molar-refractivity contribution in [1.82, 2.24) is 4.90 Å². The summed E-state index contributed by atoms with van der Waals surface area (Å²) in [7, 11) is 0. The van der Waals surface area contributed by atoms with E-state index in [0.29, 0.717) is 13.0 Å². The number of likely N-dealkylation sites (tertiary alicyclic amines) is 1. The van der Waals surface area contributed by atoms with Crippen molar-refractivity contribution in [3.63, 3.8) is 0 Å². The molecular formula is C12H12ClF2NO2. The molecule has 1 heterocycles. The first-order valence-electron chi connectivity index (χ1n) is 5.46. The lowest BCUT2D eigenvalue weighted by Gasteiger charge is -2.19. The number of aliphatic hydroxyl groups is 1. The summed E-state index contributed by atoms with van der Waals surface area (Å²) in [6.07, 6.45) is 0.413. The van der Waals surface area contributed by atoms with Crippen LogP contribution in [-0.4, -0.2) is 34.6 Å². The minimum absolute atomic E-state index is 0.107. The van der Waals surface area contributed by atoms with Gasteiger partial charge in [-0.1, -0.05) is 11.6 Å². The number of hydrogen-bond acceptors (Lipinski definition) is 2. The Kier molecular flexibility index (Phi) is 3.29. The highest BCUT2D eigenvalue weighted by molar-refractivity contribution is 6.30. The van der Waals surface area contributed by atoms with Gasteiger partial charge in [0.25, 0.3) is 5.91 Å². The third-order valence-corrected chi connectivity index (χ3v) is 3.27. The van der Waals surface area contributed by atoms with Crippen LogP contribution in [0, 0.1) is 11.6 Å². The summed E-state index contributed by atoms with van der Waals surface area (Å²) in [5, 5.41) is 9.38. The molecule has 0 bridgehead atoms. The van der Waals surface area contributed by atoms with Gasteiger partial charge >= 0.3 is 0 Å². The van der Waals surface area contributed by atoms with E-state index in [0.717, 1.165) is 12.1 Å². The van der Waals surface area contributed by atoms with E-state index >= 15 is 0 Å². The lowest BCUT2D eigenvalue weighted by Crippen LogP contribution is -2.34. The van der Waals surface area contributed by atoms with E-state index in [-0.39, 0.29) is 17.1 Å². The lowest BCUT2D eigenvalue weighted by atomic mass is 10.1. The average molecular weight is 276 g/mol. The van der Waals surface area contributed by atoms with E-state index in [4.69, 9.17) is 11.6 Å². The van der Waals surface area contributed by atoms with Crippen molar-refractivity contribution in [2.45, 2.75) is 18.9 Å². The SMILES string of the molecule is CC1(O)CCN(C(=O)c2cc(F)c(Cl)cc2F)C1. The summed E-state index contributed by atoms with van der Waals surface area (Å²) >= 11 is 5.42. The zero-order valence-electron chi connectivity index (χ0n) is 9.71. The number of halogens is 3. The first-order chi connectivity index (χ1) is 8.30. The molecule has 0 saturated carbocycles. The Morgan fingerprint density at radius 2 is 2.11 bits per heavy atom. The molecule has 1 aromatic carbocycles. The molecule has 0 spiro atoms. The Morgan fingerprint density at radius 1 is 1.44 bits per heavy atom. The van der Waals surface area contributed by atoms with Crippen LogP contribution >= 0.6 is 11.6 Å². The molecule has 1 aliphatic heterocycles. The number of hydrogen-bond donors (Lipinski definition) is 1. The highest BCUT2D eigenvalue weighted by Gasteiger charge is 2.35. The molecular weight excluding hydrogens is 264 g/mol. The van der Waals surface area contributed by atoms with Crippen molar-refractivity contribution >= 4 is 17.5 Å². The van der Waals surface area contributed by atoms with Gasteiger partial charge < -0.3 is 10.0 Å². The van der Waals surface area contributed by atoms with Crippen molar-refractivity contribution in [1.29, 1.82) is 0 Å². The molecule has 1 aromatic rings. The van der Waals surface area contributed by atoms with Crippen LogP contribution in [-0.2, 0) is 0 Å². The first-order valence-corrected chi connectivity index (χ1v) is 5.84. The van der Waals surface area contributed by atoms with Gasteiger partial charge in [0, 0.05) is 13.1 Å². The maximum atomic E-state index is 13.6. The predicted molar refractivity (Wildman–Crippen MR) is 62.5 cm³/mol. The molecule has 18 heavy (non-hydrogen) atoms. The van der Waals surface area contributed by atoms with Gasteiger partial charge in [0.15, 0.2) is 0 Å². The van der Waals surface area contributed by atoms with E-state index in [1.165, 1.54) is 4.90 Å². The van der Waals surface area contributed by atoms with E-state index in [1.807, 2.05) is 0 Å². The third kappa shape index (κ3) is 2.47. The van der Waals surface area contributed by atoms with Crippen molar-refractivity contribution in [2.24, 2.45) is 0 Å². The van der Waals surface area contributed by atoms with Gasteiger partial charge in [-0.3, -0.25) is 4.79 Å². The maximum absolute atomic E-state index is 13.6. The average Bonchev–Trinajstić information content (AvgIpc) is 2.63. The molecule has 1 atom stereocenters. The monoisotopic (exact) mass is 275 g/mol. The van der Waals surface area contributed by atoms with Gasteiger partial charge in [-0.25, -0.2) is 8.78 Å². The van der Waals surface area contributed by atoms with Crippen molar-refractivity contribution in [3.8, 4) is 0 Å². The Labute approximate surface area is 108 Å². The normalized spacial score (nSPS) is 23.5. The minimum Gasteiger partial charge on any atom is -0.388 e. The number of rotatable bonds is 1. The molecule has 1 fully saturated rings. The fraction of sp³-hybridized carbons (Fsp3) is 0.417. The van der Waals surface area contributed by atoms with Gasteiger partial charge in [0.05, 0.1) is 16.2 Å². The van der Waals surface area contributed by atoms with Crippen LogP contribution in [0.1, 0.15) is 23.7 Å². The Hall–Kier alpha value is -1.20. The number of benzene rings is 1. The lowest BCUT2D eigenvalue weighted by molar-refractivity contribution is 0.0569. The molecule has 1 amide bonds. The molecule has 6 heteroatoms. The minimum atomic E-state index is -0.975. The topological polar surface area (TPSA) is 40.5 Å². The molecule has 1 unspecified atom stereocenters. The van der Waals surface area contributed by atoms with Crippen LogP contribution in [0.4, 0.5) is 8.78 Å². The van der Waals surface area contributed by atoms with E-state index in [2.05, 4.69) is 0 Å². The van der Waals surface area contributed by atoms with Crippen LogP contribution in [0.2, 0.25) is 5.02 Å². The van der Waals surface area contributed by atoms with Gasteiger partial charge in [-0.2, -0.15) is 0 Å². The molecule has 0 aromatic heterocycles. The second kappa shape index (κ2) is 4.48. The molecule has 0 aliphatic carbocycles. The summed E-state index contributed by atoms with van der Waals surface area (Å²) < 4.78 is 26.8. The molecule has 1 aliphatic rings. The van der Waals surface area contributed by atoms with Crippen LogP contribution in [0.5, 0.6) is 0 Å². The summed E-state index contributed by atoms with van der Waals surface area (Å²) in [5.41, 5.74) is -1.34. The van der Waals surface area contributed by atoms with Crippen LogP contribution in [0.3, 0.4) is 0 Å². The quantitative estimate of drug-likeness (QED) is 0.799. The van der Waals surface area contributed by atoms with Crippen molar-refractivity contribution in [2.75, 3.05) is 13.1 Å². The highest BCUT2D eigenvalue weighted by Crippen LogP contribution is 2.25. The van der Waals surface area contributed by atoms with Crippen LogP contribution in [0.25, 0.3) is 0 Å². The predicted octanol–water partition coefficient (Wildman–Crippen LogP) is 2.22. The maximum Gasteiger partial charge on any atom is 0.257 e. The summed E-state index contributed by atoms with van der Waals surface area (Å²) in [6.45, 7) is 2.02. The molecule has 3 nitrogen and oxygen atoms in total. The van der Waals surface area contributed by atoms with Crippen LogP contribution in [0.15, 0.2) is 12.1 Å². The highest BCUT2D eigenvalue weighted by atomic mass is 35.5. The van der Waals surface area contributed by atoms with E-state index in [9.17, 15) is 18.7 Å². The van der Waals surface area contributed by atoms with E-state index in [1.54, 1.807) is 6.92 Å². The zero-order chi connectivity index (χ0) is 13.5. The van der Waals surface area contributed by atoms with Gasteiger partial charge in [0.1, 0.15) is 11.6 Å². The van der Waals surface area contributed by atoms with Crippen molar-refractivity contribution in [3.05, 3.63) is 34.4 Å². The fourth-order valence-electron chi connectivity index (χ4n) is 1.98. The number of carbonyl (C=O) groups is 1. The first kappa shape index (κ1) is 13.2. The standard InChI is InChI=1S/C12H12ClF2NO2/c1-12(18)2-3-16(6-12)11(17)7-4-10(15)8(13)5-9(7)14/h4-5,18H,2-3,6H2,1H3. The van der Waals surface area contributed by atoms with Gasteiger partial charge in [-0.05, 0) is 25.5 Å². The second-order valence-corrected chi connectivity index (χ2v) is 5.13. The largest absolute Gasteiger partial charge is 0.388 e. The summed E-state index contributed by atoms with van der Waals surface area (Å²) in [4.78, 5) is 13.3. The van der Waals surface area contributed by atoms with E-state index < -0.39 is 23.1 Å². The second-order valence-electron chi connectivity index (χ2n) is 4.72. The molecule has 1 saturated heterocycles. The summed E-state index contributed by atoms with van der Waals surface area (Å²) in [6, 6.07) is 1.56. The molecule has 1 N–H and O–H groups in total. The van der Waals surface area contributed by atoms with Crippen molar-refractivity contribution < 1.29 is 18.7 Å². The van der Waals surface area contributed by atoms with Gasteiger partial charge in [-0.15, -0.1) is 0 Å². The number of nitrogens with zero attached hydrogens (tertiary/aromatic N) is 1. The number of β-amino-alcohol motifs (C(OH)–C–C–N with tert-alkyl or cyclic N) is 1. The molecule has 0 radical (unpaired) electrons. The summed E-state index contributed by atoms with van der Waals surface area (Å²) in [5.74, 6) is -2.34. The fourth-order valence-corrected chi connectivity index (χ4v) is 2.13. The number of carbonyl (C=O) groups excluding carboxylic acids is 1. The third-order valence-electron chi connectivity index (χ3n) is 2.98. The number of amides is 1. The Balaban J connectivity index is 2.27. The van der Waals surface area contributed by atoms with Crippen LogP contribution < -0.4 is 0 Å². The molecule has 2 rings (SSSR count). The smallest absolute Gasteiger partial charge is 0.257 e. The zero-order valence-corrected chi connectivity index (χ0v) is 10.5. The van der Waals surface area contributed by atoms with Gasteiger partial charge in [0.2, 0.25) is 0 Å².